The number of aromatic nitrogens is 2. The fourth-order valence-corrected chi connectivity index (χ4v) is 4.03. The molecule has 2 heterocycles. The van der Waals surface area contributed by atoms with Crippen molar-refractivity contribution in [3.05, 3.63) is 65.8 Å². The molecule has 0 aliphatic carbocycles. The zero-order valence-corrected chi connectivity index (χ0v) is 19.0. The molecule has 1 aromatic heterocycles. The average Bonchev–Trinajstić information content (AvgIpc) is 3.33. The van der Waals surface area contributed by atoms with Gasteiger partial charge in [-0.3, -0.25) is 9.59 Å². The third-order valence-electron chi connectivity index (χ3n) is 5.91. The summed E-state index contributed by atoms with van der Waals surface area (Å²) in [7, 11) is 1.37. The van der Waals surface area contributed by atoms with E-state index < -0.39 is 5.82 Å². The topological polar surface area (TPSA) is 97.6 Å². The molecule has 0 bridgehead atoms. The molecule has 34 heavy (non-hydrogen) atoms. The molecular formula is C25H27FN4O4. The Morgan fingerprint density at radius 3 is 2.76 bits per heavy atom. The van der Waals surface area contributed by atoms with Crippen LogP contribution in [0.2, 0.25) is 0 Å². The number of methoxy groups -OCH3 is 1. The van der Waals surface area contributed by atoms with E-state index in [1.807, 2.05) is 30.3 Å². The molecule has 1 aliphatic rings. The van der Waals surface area contributed by atoms with Crippen LogP contribution < -0.4 is 10.1 Å². The van der Waals surface area contributed by atoms with E-state index >= 15 is 0 Å². The van der Waals surface area contributed by atoms with Crippen molar-refractivity contribution in [2.75, 3.05) is 26.7 Å². The van der Waals surface area contributed by atoms with Crippen LogP contribution in [0.5, 0.6) is 5.75 Å². The molecule has 8 nitrogen and oxygen atoms in total. The number of ether oxygens (including phenoxy) is 1. The van der Waals surface area contributed by atoms with Crippen molar-refractivity contribution in [2.45, 2.75) is 31.6 Å². The van der Waals surface area contributed by atoms with E-state index in [1.54, 1.807) is 4.90 Å². The number of halogens is 1. The lowest BCUT2D eigenvalue weighted by Crippen LogP contribution is -2.35. The quantitative estimate of drug-likeness (QED) is 0.628. The predicted molar refractivity (Wildman–Crippen MR) is 123 cm³/mol. The molecule has 1 atom stereocenters. The van der Waals surface area contributed by atoms with Gasteiger partial charge in [0, 0.05) is 43.1 Å². The number of hydrogen-bond acceptors (Lipinski definition) is 6. The number of nitrogens with one attached hydrogen (secondary N) is 1. The third-order valence-corrected chi connectivity index (χ3v) is 5.91. The van der Waals surface area contributed by atoms with Crippen LogP contribution in [0, 0.1) is 5.82 Å². The Morgan fingerprint density at radius 2 is 2.00 bits per heavy atom. The summed E-state index contributed by atoms with van der Waals surface area (Å²) in [5.74, 6) is -0.0158. The van der Waals surface area contributed by atoms with Gasteiger partial charge in [0.1, 0.15) is 0 Å². The maximum absolute atomic E-state index is 14.1. The standard InChI is InChI=1S/C25H27FN4O4/c1-33-21-10-9-19(16-20(21)26)25(32)30-14-5-8-18(11-13-27-22(31)12-15-30)24-28-23(29-34-24)17-6-3-2-4-7-17/h2-4,6-7,9-10,16,18H,5,8,11-15H2,1H3,(H,27,31). The van der Waals surface area contributed by atoms with Crippen LogP contribution >= 0.6 is 0 Å². The average molecular weight is 467 g/mol. The number of hydrogen-bond donors (Lipinski definition) is 1. The summed E-state index contributed by atoms with van der Waals surface area (Å²) < 4.78 is 24.6. The molecular weight excluding hydrogens is 439 g/mol. The SMILES string of the molecule is COc1ccc(C(=O)N2CCCC(c3nc(-c4ccccc4)no3)CCNC(=O)CC2)cc1F. The Hall–Kier alpha value is -3.75. The molecule has 2 aromatic carbocycles. The zero-order chi connectivity index (χ0) is 23.9. The maximum atomic E-state index is 14.1. The first-order valence-corrected chi connectivity index (χ1v) is 11.3. The van der Waals surface area contributed by atoms with Crippen LogP contribution in [0.4, 0.5) is 4.39 Å². The lowest BCUT2D eigenvalue weighted by Gasteiger charge is -2.23. The fourth-order valence-electron chi connectivity index (χ4n) is 4.03. The molecule has 9 heteroatoms. The van der Waals surface area contributed by atoms with Gasteiger partial charge in [0.2, 0.25) is 17.6 Å². The molecule has 0 saturated carbocycles. The minimum absolute atomic E-state index is 0.0567. The van der Waals surface area contributed by atoms with Gasteiger partial charge in [0.25, 0.3) is 5.91 Å². The van der Waals surface area contributed by atoms with Crippen LogP contribution in [0.25, 0.3) is 11.4 Å². The molecule has 4 rings (SSSR count). The van der Waals surface area contributed by atoms with E-state index in [9.17, 15) is 14.0 Å². The number of benzene rings is 2. The highest BCUT2D eigenvalue weighted by Crippen LogP contribution is 2.27. The lowest BCUT2D eigenvalue weighted by molar-refractivity contribution is -0.121. The first kappa shape index (κ1) is 23.4. The van der Waals surface area contributed by atoms with Crippen molar-refractivity contribution in [2.24, 2.45) is 0 Å². The largest absolute Gasteiger partial charge is 0.494 e. The van der Waals surface area contributed by atoms with Crippen molar-refractivity contribution in [3.8, 4) is 17.1 Å². The number of rotatable bonds is 4. The molecule has 1 unspecified atom stereocenters. The van der Waals surface area contributed by atoms with Gasteiger partial charge < -0.3 is 19.5 Å². The number of amides is 2. The molecule has 0 radical (unpaired) electrons. The number of carbonyl (C=O) groups is 2. The number of carbonyl (C=O) groups excluding carboxylic acids is 2. The number of nitrogens with zero attached hydrogens (tertiary/aromatic N) is 3. The lowest BCUT2D eigenvalue weighted by atomic mass is 9.99. The van der Waals surface area contributed by atoms with Gasteiger partial charge in [0.05, 0.1) is 7.11 Å². The first-order valence-electron chi connectivity index (χ1n) is 11.3. The van der Waals surface area contributed by atoms with Crippen LogP contribution in [0.1, 0.15) is 47.8 Å². The van der Waals surface area contributed by atoms with Crippen LogP contribution in [-0.2, 0) is 4.79 Å². The molecule has 0 spiro atoms. The van der Waals surface area contributed by atoms with E-state index in [1.165, 1.54) is 25.3 Å². The summed E-state index contributed by atoms with van der Waals surface area (Å²) in [6, 6.07) is 13.7. The fraction of sp³-hybridized carbons (Fsp3) is 0.360. The second-order valence-electron chi connectivity index (χ2n) is 8.19. The highest BCUT2D eigenvalue weighted by atomic mass is 19.1. The van der Waals surface area contributed by atoms with Gasteiger partial charge in [-0.1, -0.05) is 35.5 Å². The summed E-state index contributed by atoms with van der Waals surface area (Å²) in [4.78, 5) is 31.5. The van der Waals surface area contributed by atoms with E-state index in [-0.39, 0.29) is 42.0 Å². The second kappa shape index (κ2) is 10.9. The van der Waals surface area contributed by atoms with Gasteiger partial charge in [0.15, 0.2) is 11.6 Å². The van der Waals surface area contributed by atoms with Crippen LogP contribution in [0.3, 0.4) is 0 Å². The van der Waals surface area contributed by atoms with E-state index in [2.05, 4.69) is 15.5 Å². The van der Waals surface area contributed by atoms with E-state index in [0.29, 0.717) is 44.1 Å². The van der Waals surface area contributed by atoms with Gasteiger partial charge in [-0.25, -0.2) is 4.39 Å². The summed E-state index contributed by atoms with van der Waals surface area (Å²) in [5.41, 5.74) is 1.08. The highest BCUT2D eigenvalue weighted by Gasteiger charge is 2.24. The van der Waals surface area contributed by atoms with Gasteiger partial charge in [-0.2, -0.15) is 4.98 Å². The van der Waals surface area contributed by atoms with Gasteiger partial charge in [-0.05, 0) is 37.5 Å². The first-order chi connectivity index (χ1) is 16.5. The maximum Gasteiger partial charge on any atom is 0.253 e. The normalized spacial score (nSPS) is 17.5. The second-order valence-corrected chi connectivity index (χ2v) is 8.19. The van der Waals surface area contributed by atoms with E-state index in [0.717, 1.165) is 5.56 Å². The Labute approximate surface area is 197 Å². The summed E-state index contributed by atoms with van der Waals surface area (Å²) >= 11 is 0. The Balaban J connectivity index is 1.48. The Kier molecular flexibility index (Phi) is 7.51. The molecule has 1 fully saturated rings. The Bertz CT molecular complexity index is 1130. The molecule has 3 aromatic rings. The Morgan fingerprint density at radius 1 is 1.18 bits per heavy atom. The molecule has 1 N–H and O–H groups in total. The van der Waals surface area contributed by atoms with Crippen molar-refractivity contribution in [1.29, 1.82) is 0 Å². The third kappa shape index (κ3) is 5.59. The van der Waals surface area contributed by atoms with Crippen molar-refractivity contribution in [1.82, 2.24) is 20.4 Å². The minimum Gasteiger partial charge on any atom is -0.494 e. The van der Waals surface area contributed by atoms with Crippen molar-refractivity contribution >= 4 is 11.8 Å². The van der Waals surface area contributed by atoms with Gasteiger partial charge >= 0.3 is 0 Å². The highest BCUT2D eigenvalue weighted by molar-refractivity contribution is 5.94. The molecule has 178 valence electrons. The molecule has 2 amide bonds. The minimum atomic E-state index is -0.602. The van der Waals surface area contributed by atoms with Crippen molar-refractivity contribution in [3.63, 3.8) is 0 Å². The van der Waals surface area contributed by atoms with Crippen LogP contribution in [-0.4, -0.2) is 53.6 Å². The molecule has 1 saturated heterocycles. The van der Waals surface area contributed by atoms with Crippen molar-refractivity contribution < 1.29 is 23.2 Å². The van der Waals surface area contributed by atoms with Gasteiger partial charge in [-0.15, -0.1) is 0 Å². The molecule has 1 aliphatic heterocycles. The zero-order valence-electron chi connectivity index (χ0n) is 19.0. The predicted octanol–water partition coefficient (Wildman–Crippen LogP) is 3.80. The monoisotopic (exact) mass is 466 g/mol. The van der Waals surface area contributed by atoms with E-state index in [4.69, 9.17) is 9.26 Å². The smallest absolute Gasteiger partial charge is 0.253 e. The summed E-state index contributed by atoms with van der Waals surface area (Å²) in [5, 5.41) is 7.01. The van der Waals surface area contributed by atoms with Crippen LogP contribution in [0.15, 0.2) is 53.1 Å². The summed E-state index contributed by atoms with van der Waals surface area (Å²) in [6.07, 6.45) is 2.20. The summed E-state index contributed by atoms with van der Waals surface area (Å²) in [6.45, 7) is 1.15.